The van der Waals surface area contributed by atoms with E-state index in [1.807, 2.05) is 50.4 Å². The van der Waals surface area contributed by atoms with Crippen molar-refractivity contribution in [1.29, 1.82) is 0 Å². The van der Waals surface area contributed by atoms with Crippen LogP contribution in [0.5, 0.6) is 0 Å². The molecule has 0 aliphatic rings. The lowest BCUT2D eigenvalue weighted by molar-refractivity contribution is -0.150. The quantitative estimate of drug-likeness (QED) is 0.828. The second-order valence-corrected chi connectivity index (χ2v) is 5.65. The molecule has 0 fully saturated rings. The van der Waals surface area contributed by atoms with Crippen LogP contribution in [0.1, 0.15) is 26.3 Å². The van der Waals surface area contributed by atoms with Gasteiger partial charge in [0, 0.05) is 19.3 Å². The summed E-state index contributed by atoms with van der Waals surface area (Å²) in [5, 5.41) is 6.77. The Balaban J connectivity index is 1.94. The van der Waals surface area contributed by atoms with E-state index in [0.29, 0.717) is 0 Å². The van der Waals surface area contributed by atoms with Crippen LogP contribution >= 0.6 is 0 Å². The Labute approximate surface area is 135 Å². The molecule has 1 N–H and O–H groups in total. The van der Waals surface area contributed by atoms with Gasteiger partial charge < -0.3 is 10.1 Å². The topological polar surface area (TPSA) is 73.2 Å². The fourth-order valence-electron chi connectivity index (χ4n) is 2.13. The Bertz CT molecular complexity index is 648. The number of esters is 1. The summed E-state index contributed by atoms with van der Waals surface area (Å²) in [4.78, 5) is 23.3. The Hall–Kier alpha value is -2.63. The standard InChI is InChI=1S/C17H21N3O3/c1-12(2)16(19-13(3)21)17(22)23-11-14-5-7-15(8-6-14)20-10-4-9-18-20/h4-10,12,16H,11H2,1-3H3,(H,19,21). The van der Waals surface area contributed by atoms with Crippen LogP contribution in [-0.4, -0.2) is 27.7 Å². The largest absolute Gasteiger partial charge is 0.459 e. The molecule has 1 aromatic carbocycles. The number of nitrogens with zero attached hydrogens (tertiary/aromatic N) is 2. The maximum Gasteiger partial charge on any atom is 0.329 e. The molecule has 0 saturated heterocycles. The van der Waals surface area contributed by atoms with Gasteiger partial charge >= 0.3 is 5.97 Å². The average molecular weight is 315 g/mol. The molecule has 1 aromatic heterocycles. The van der Waals surface area contributed by atoms with E-state index in [2.05, 4.69) is 10.4 Å². The highest BCUT2D eigenvalue weighted by Gasteiger charge is 2.24. The number of carbonyl (C=O) groups excluding carboxylic acids is 2. The third kappa shape index (κ3) is 4.67. The van der Waals surface area contributed by atoms with Gasteiger partial charge in [-0.25, -0.2) is 9.48 Å². The zero-order valence-corrected chi connectivity index (χ0v) is 13.5. The molecule has 1 atom stereocenters. The molecule has 2 aromatic rings. The first-order valence-corrected chi connectivity index (χ1v) is 7.50. The number of benzene rings is 1. The van der Waals surface area contributed by atoms with Crippen LogP contribution in [0.2, 0.25) is 0 Å². The van der Waals surface area contributed by atoms with Gasteiger partial charge in [-0.1, -0.05) is 26.0 Å². The Kier molecular flexibility index (Phi) is 5.51. The van der Waals surface area contributed by atoms with Gasteiger partial charge in [-0.05, 0) is 29.7 Å². The van der Waals surface area contributed by atoms with Crippen molar-refractivity contribution in [3.63, 3.8) is 0 Å². The van der Waals surface area contributed by atoms with Gasteiger partial charge in [0.1, 0.15) is 12.6 Å². The maximum atomic E-state index is 12.1. The van der Waals surface area contributed by atoms with Crippen molar-refractivity contribution in [3.05, 3.63) is 48.3 Å². The molecule has 2 rings (SSSR count). The Morgan fingerprint density at radius 2 is 1.96 bits per heavy atom. The lowest BCUT2D eigenvalue weighted by Gasteiger charge is -2.20. The number of hydrogen-bond donors (Lipinski definition) is 1. The summed E-state index contributed by atoms with van der Waals surface area (Å²) in [7, 11) is 0. The van der Waals surface area contributed by atoms with Crippen LogP contribution in [-0.2, 0) is 20.9 Å². The monoisotopic (exact) mass is 315 g/mol. The fourth-order valence-corrected chi connectivity index (χ4v) is 2.13. The molecule has 1 amide bonds. The van der Waals surface area contributed by atoms with Crippen molar-refractivity contribution in [2.45, 2.75) is 33.4 Å². The second kappa shape index (κ2) is 7.58. The van der Waals surface area contributed by atoms with E-state index in [1.165, 1.54) is 6.92 Å². The highest BCUT2D eigenvalue weighted by molar-refractivity contribution is 5.83. The van der Waals surface area contributed by atoms with E-state index in [4.69, 9.17) is 4.74 Å². The third-order valence-corrected chi connectivity index (χ3v) is 3.37. The number of amides is 1. The van der Waals surface area contributed by atoms with E-state index >= 15 is 0 Å². The first-order chi connectivity index (χ1) is 11.0. The molecule has 23 heavy (non-hydrogen) atoms. The molecule has 6 nitrogen and oxygen atoms in total. The number of ether oxygens (including phenoxy) is 1. The third-order valence-electron chi connectivity index (χ3n) is 3.37. The van der Waals surface area contributed by atoms with E-state index < -0.39 is 12.0 Å². The van der Waals surface area contributed by atoms with Crippen LogP contribution in [0.25, 0.3) is 5.69 Å². The minimum atomic E-state index is -0.629. The van der Waals surface area contributed by atoms with Gasteiger partial charge in [-0.2, -0.15) is 5.10 Å². The number of carbonyl (C=O) groups is 2. The molecular weight excluding hydrogens is 294 g/mol. The van der Waals surface area contributed by atoms with Crippen molar-refractivity contribution in [1.82, 2.24) is 15.1 Å². The van der Waals surface area contributed by atoms with Gasteiger partial charge in [-0.15, -0.1) is 0 Å². The van der Waals surface area contributed by atoms with E-state index in [9.17, 15) is 9.59 Å². The van der Waals surface area contributed by atoms with Crippen LogP contribution in [0.4, 0.5) is 0 Å². The Morgan fingerprint density at radius 3 is 2.48 bits per heavy atom. The highest BCUT2D eigenvalue weighted by atomic mass is 16.5. The number of nitrogens with one attached hydrogen (secondary N) is 1. The molecule has 1 unspecified atom stereocenters. The van der Waals surface area contributed by atoms with Crippen LogP contribution < -0.4 is 5.32 Å². The van der Waals surface area contributed by atoms with E-state index in [0.717, 1.165) is 11.3 Å². The predicted molar refractivity (Wildman–Crippen MR) is 85.8 cm³/mol. The summed E-state index contributed by atoms with van der Waals surface area (Å²) in [6.45, 7) is 5.28. The lowest BCUT2D eigenvalue weighted by atomic mass is 10.0. The average Bonchev–Trinajstić information content (AvgIpc) is 3.04. The Morgan fingerprint density at radius 1 is 1.26 bits per heavy atom. The van der Waals surface area contributed by atoms with Gasteiger partial charge in [0.25, 0.3) is 0 Å². The van der Waals surface area contributed by atoms with E-state index in [1.54, 1.807) is 10.9 Å². The van der Waals surface area contributed by atoms with Gasteiger partial charge in [0.2, 0.25) is 5.91 Å². The first kappa shape index (κ1) is 16.7. The molecule has 0 bridgehead atoms. The molecule has 0 spiro atoms. The molecule has 0 saturated carbocycles. The van der Waals surface area contributed by atoms with Gasteiger partial charge in [0.05, 0.1) is 5.69 Å². The van der Waals surface area contributed by atoms with Gasteiger partial charge in [-0.3, -0.25) is 4.79 Å². The lowest BCUT2D eigenvalue weighted by Crippen LogP contribution is -2.44. The number of rotatable bonds is 6. The smallest absolute Gasteiger partial charge is 0.329 e. The maximum absolute atomic E-state index is 12.1. The van der Waals surface area contributed by atoms with Crippen molar-refractivity contribution >= 4 is 11.9 Å². The minimum absolute atomic E-state index is 0.0337. The predicted octanol–water partition coefficient (Wildman–Crippen LogP) is 2.08. The van der Waals surface area contributed by atoms with E-state index in [-0.39, 0.29) is 18.4 Å². The zero-order chi connectivity index (χ0) is 16.8. The molecule has 1 heterocycles. The molecule has 122 valence electrons. The van der Waals surface area contributed by atoms with Crippen LogP contribution in [0.15, 0.2) is 42.7 Å². The molecule has 0 aliphatic carbocycles. The van der Waals surface area contributed by atoms with Gasteiger partial charge in [0.15, 0.2) is 0 Å². The van der Waals surface area contributed by atoms with Crippen LogP contribution in [0.3, 0.4) is 0 Å². The summed E-state index contributed by atoms with van der Waals surface area (Å²) < 4.78 is 7.06. The first-order valence-electron chi connectivity index (χ1n) is 7.50. The molecule has 0 aliphatic heterocycles. The van der Waals surface area contributed by atoms with Crippen LogP contribution in [0, 0.1) is 5.92 Å². The van der Waals surface area contributed by atoms with Crippen molar-refractivity contribution in [3.8, 4) is 5.69 Å². The zero-order valence-electron chi connectivity index (χ0n) is 13.5. The summed E-state index contributed by atoms with van der Waals surface area (Å²) in [6, 6.07) is 8.80. The normalized spacial score (nSPS) is 12.0. The second-order valence-electron chi connectivity index (χ2n) is 5.65. The fraction of sp³-hybridized carbons (Fsp3) is 0.353. The SMILES string of the molecule is CC(=O)NC(C(=O)OCc1ccc(-n2cccn2)cc1)C(C)C. The summed E-state index contributed by atoms with van der Waals surface area (Å²) >= 11 is 0. The van der Waals surface area contributed by atoms with Crippen molar-refractivity contribution in [2.24, 2.45) is 5.92 Å². The summed E-state index contributed by atoms with van der Waals surface area (Å²) in [5.74, 6) is -0.704. The number of aromatic nitrogens is 2. The van der Waals surface area contributed by atoms with Crippen molar-refractivity contribution < 1.29 is 14.3 Å². The number of hydrogen-bond acceptors (Lipinski definition) is 4. The van der Waals surface area contributed by atoms with Crippen molar-refractivity contribution in [2.75, 3.05) is 0 Å². The summed E-state index contributed by atoms with van der Waals surface area (Å²) in [5.41, 5.74) is 1.81. The minimum Gasteiger partial charge on any atom is -0.459 e. The summed E-state index contributed by atoms with van der Waals surface area (Å²) in [6.07, 6.45) is 3.57. The highest BCUT2D eigenvalue weighted by Crippen LogP contribution is 2.11. The molecular formula is C17H21N3O3. The molecule has 6 heteroatoms. The molecule has 0 radical (unpaired) electrons.